The molecule has 6 heteroatoms. The van der Waals surface area contributed by atoms with Crippen LogP contribution in [-0.4, -0.2) is 38.3 Å². The lowest BCUT2D eigenvalue weighted by Gasteiger charge is -2.08. The van der Waals surface area contributed by atoms with Gasteiger partial charge in [-0.2, -0.15) is 0 Å². The van der Waals surface area contributed by atoms with E-state index >= 15 is 0 Å². The third-order valence-electron chi connectivity index (χ3n) is 2.92. The number of carbonyl (C=O) groups is 1. The molecule has 116 valence electrons. The van der Waals surface area contributed by atoms with Crippen molar-refractivity contribution in [3.05, 3.63) is 48.2 Å². The maximum atomic E-state index is 11.9. The lowest BCUT2D eigenvalue weighted by atomic mass is 10.2. The molecule has 0 unspecified atom stereocenters. The van der Waals surface area contributed by atoms with Gasteiger partial charge < -0.3 is 19.5 Å². The average molecular weight is 302 g/mol. The Hall–Kier alpha value is -2.76. The minimum atomic E-state index is -0.200. The third-order valence-corrected chi connectivity index (χ3v) is 2.92. The van der Waals surface area contributed by atoms with Gasteiger partial charge in [0.25, 0.3) is 5.91 Å². The van der Waals surface area contributed by atoms with Crippen molar-refractivity contribution >= 4 is 5.91 Å². The van der Waals surface area contributed by atoms with Gasteiger partial charge in [-0.25, -0.2) is 4.98 Å². The van der Waals surface area contributed by atoms with Crippen LogP contribution in [0.4, 0.5) is 0 Å². The van der Waals surface area contributed by atoms with Gasteiger partial charge in [0.1, 0.15) is 18.1 Å². The molecule has 0 spiro atoms. The van der Waals surface area contributed by atoms with E-state index in [2.05, 4.69) is 10.3 Å². The molecule has 0 aliphatic carbocycles. The van der Waals surface area contributed by atoms with Crippen molar-refractivity contribution in [3.8, 4) is 17.4 Å². The lowest BCUT2D eigenvalue weighted by molar-refractivity contribution is 0.0946. The highest BCUT2D eigenvalue weighted by Gasteiger charge is 2.05. The number of pyridine rings is 1. The summed E-state index contributed by atoms with van der Waals surface area (Å²) in [6.45, 7) is 0.776. The molecule has 0 aliphatic heterocycles. The van der Waals surface area contributed by atoms with E-state index in [4.69, 9.17) is 14.2 Å². The molecule has 0 fully saturated rings. The molecule has 22 heavy (non-hydrogen) atoms. The number of aromatic nitrogens is 1. The van der Waals surface area contributed by atoms with E-state index in [1.54, 1.807) is 19.2 Å². The first kappa shape index (κ1) is 15.6. The lowest BCUT2D eigenvalue weighted by Crippen LogP contribution is -2.28. The van der Waals surface area contributed by atoms with Crippen LogP contribution < -0.4 is 19.5 Å². The molecule has 0 bridgehead atoms. The number of hydrogen-bond acceptors (Lipinski definition) is 5. The van der Waals surface area contributed by atoms with E-state index in [1.807, 2.05) is 24.3 Å². The highest BCUT2D eigenvalue weighted by atomic mass is 16.5. The molecule has 6 nitrogen and oxygen atoms in total. The fourth-order valence-corrected chi connectivity index (χ4v) is 1.74. The quantitative estimate of drug-likeness (QED) is 0.791. The fraction of sp³-hybridized carbons (Fsp3) is 0.250. The van der Waals surface area contributed by atoms with Crippen LogP contribution in [0.15, 0.2) is 42.6 Å². The number of hydrogen-bond donors (Lipinski definition) is 1. The van der Waals surface area contributed by atoms with Crippen molar-refractivity contribution in [2.24, 2.45) is 0 Å². The van der Waals surface area contributed by atoms with E-state index in [1.165, 1.54) is 13.3 Å². The molecule has 0 aliphatic rings. The van der Waals surface area contributed by atoms with Crippen molar-refractivity contribution in [2.75, 3.05) is 27.4 Å². The van der Waals surface area contributed by atoms with Crippen molar-refractivity contribution in [1.29, 1.82) is 0 Å². The van der Waals surface area contributed by atoms with Crippen LogP contribution >= 0.6 is 0 Å². The number of methoxy groups -OCH3 is 2. The summed E-state index contributed by atoms with van der Waals surface area (Å²) in [6, 6.07) is 10.6. The van der Waals surface area contributed by atoms with Crippen LogP contribution in [-0.2, 0) is 0 Å². The van der Waals surface area contributed by atoms with Gasteiger partial charge in [-0.3, -0.25) is 4.79 Å². The maximum Gasteiger partial charge on any atom is 0.252 e. The molecular formula is C16H18N2O4. The zero-order valence-corrected chi connectivity index (χ0v) is 12.5. The average Bonchev–Trinajstić information content (AvgIpc) is 2.59. The van der Waals surface area contributed by atoms with E-state index in [-0.39, 0.29) is 5.91 Å². The Labute approximate surface area is 129 Å². The van der Waals surface area contributed by atoms with Crippen molar-refractivity contribution in [1.82, 2.24) is 10.3 Å². The first-order chi connectivity index (χ1) is 10.7. The second-order valence-corrected chi connectivity index (χ2v) is 4.37. The molecule has 1 N–H and O–H groups in total. The number of carbonyl (C=O) groups excluding carboxylic acids is 1. The molecule has 2 rings (SSSR count). The van der Waals surface area contributed by atoms with Crippen LogP contribution in [0, 0.1) is 0 Å². The fourth-order valence-electron chi connectivity index (χ4n) is 1.74. The Morgan fingerprint density at radius 1 is 1.05 bits per heavy atom. The van der Waals surface area contributed by atoms with Crippen molar-refractivity contribution in [3.63, 3.8) is 0 Å². The Bertz CT molecular complexity index is 597. The van der Waals surface area contributed by atoms with Gasteiger partial charge >= 0.3 is 0 Å². The molecule has 1 amide bonds. The second-order valence-electron chi connectivity index (χ2n) is 4.37. The molecule has 2 aromatic rings. The summed E-state index contributed by atoms with van der Waals surface area (Å²) in [7, 11) is 3.14. The summed E-state index contributed by atoms with van der Waals surface area (Å²) >= 11 is 0. The van der Waals surface area contributed by atoms with Gasteiger partial charge in [0.2, 0.25) is 5.88 Å². The first-order valence-electron chi connectivity index (χ1n) is 6.78. The van der Waals surface area contributed by atoms with Gasteiger partial charge in [0.15, 0.2) is 0 Å². The molecular weight excluding hydrogens is 284 g/mol. The monoisotopic (exact) mass is 302 g/mol. The van der Waals surface area contributed by atoms with Crippen LogP contribution in [0.1, 0.15) is 10.4 Å². The Morgan fingerprint density at radius 3 is 2.36 bits per heavy atom. The van der Waals surface area contributed by atoms with E-state index in [0.717, 1.165) is 11.5 Å². The van der Waals surface area contributed by atoms with Gasteiger partial charge in [0, 0.05) is 12.3 Å². The minimum absolute atomic E-state index is 0.200. The molecule has 0 saturated carbocycles. The summed E-state index contributed by atoms with van der Waals surface area (Å²) in [5.41, 5.74) is 0.477. The number of nitrogens with one attached hydrogen (secondary N) is 1. The van der Waals surface area contributed by atoms with Crippen molar-refractivity contribution < 1.29 is 19.0 Å². The van der Waals surface area contributed by atoms with E-state index < -0.39 is 0 Å². The van der Waals surface area contributed by atoms with Gasteiger partial charge in [-0.15, -0.1) is 0 Å². The molecule has 0 radical (unpaired) electrons. The van der Waals surface area contributed by atoms with Crippen LogP contribution in [0.2, 0.25) is 0 Å². The zero-order valence-electron chi connectivity index (χ0n) is 12.5. The Kier molecular flexibility index (Phi) is 5.59. The number of ether oxygens (including phenoxy) is 3. The van der Waals surface area contributed by atoms with Crippen LogP contribution in [0.5, 0.6) is 17.4 Å². The number of nitrogens with zero attached hydrogens (tertiary/aromatic N) is 1. The number of benzene rings is 1. The summed E-state index contributed by atoms with van der Waals surface area (Å²) < 4.78 is 15.5. The Balaban J connectivity index is 1.74. The molecule has 1 heterocycles. The van der Waals surface area contributed by atoms with Gasteiger partial charge in [0.05, 0.1) is 26.3 Å². The third kappa shape index (κ3) is 4.37. The predicted molar refractivity (Wildman–Crippen MR) is 81.6 cm³/mol. The highest BCUT2D eigenvalue weighted by Crippen LogP contribution is 2.16. The van der Waals surface area contributed by atoms with Crippen LogP contribution in [0.3, 0.4) is 0 Å². The largest absolute Gasteiger partial charge is 0.497 e. The summed E-state index contributed by atoms with van der Waals surface area (Å²) in [5.74, 6) is 1.77. The first-order valence-corrected chi connectivity index (χ1v) is 6.78. The maximum absolute atomic E-state index is 11.9. The topological polar surface area (TPSA) is 69.7 Å². The molecule has 0 saturated heterocycles. The smallest absolute Gasteiger partial charge is 0.252 e. The predicted octanol–water partition coefficient (Wildman–Crippen LogP) is 1.91. The van der Waals surface area contributed by atoms with Gasteiger partial charge in [-0.05, 0) is 30.3 Å². The summed E-state index contributed by atoms with van der Waals surface area (Å²) in [5, 5.41) is 2.76. The molecule has 1 aromatic carbocycles. The molecule has 0 atom stereocenters. The Morgan fingerprint density at radius 2 is 1.77 bits per heavy atom. The normalized spacial score (nSPS) is 9.91. The summed E-state index contributed by atoms with van der Waals surface area (Å²) in [6.07, 6.45) is 1.47. The van der Waals surface area contributed by atoms with Crippen molar-refractivity contribution in [2.45, 2.75) is 0 Å². The minimum Gasteiger partial charge on any atom is -0.497 e. The van der Waals surface area contributed by atoms with E-state index in [9.17, 15) is 4.79 Å². The number of amides is 1. The molecule has 1 aromatic heterocycles. The standard InChI is InChI=1S/C16H18N2O4/c1-20-13-4-6-14(7-5-13)22-10-9-17-16(19)12-3-8-15(21-2)18-11-12/h3-8,11H,9-10H2,1-2H3,(H,17,19). The van der Waals surface area contributed by atoms with Crippen LogP contribution in [0.25, 0.3) is 0 Å². The highest BCUT2D eigenvalue weighted by molar-refractivity contribution is 5.93. The zero-order chi connectivity index (χ0) is 15.8. The summed E-state index contributed by atoms with van der Waals surface area (Å²) in [4.78, 5) is 15.9. The SMILES string of the molecule is COc1ccc(OCCNC(=O)c2ccc(OC)nc2)cc1. The number of rotatable bonds is 7. The van der Waals surface area contributed by atoms with Gasteiger partial charge in [-0.1, -0.05) is 0 Å². The second kappa shape index (κ2) is 7.87. The van der Waals surface area contributed by atoms with E-state index in [0.29, 0.717) is 24.6 Å².